The summed E-state index contributed by atoms with van der Waals surface area (Å²) in [5.74, 6) is -0.150. The van der Waals surface area contributed by atoms with E-state index < -0.39 is 17.7 Å². The summed E-state index contributed by atoms with van der Waals surface area (Å²) in [5.41, 5.74) is 0.312. The highest BCUT2D eigenvalue weighted by Crippen LogP contribution is 2.11. The third kappa shape index (κ3) is 6.58. The molecule has 1 aliphatic rings. The van der Waals surface area contributed by atoms with Crippen LogP contribution in [0.15, 0.2) is 30.3 Å². The Balaban J connectivity index is 2.07. The Bertz CT molecular complexity index is 662. The Kier molecular flexibility index (Phi) is 6.82. The Hall–Kier alpha value is -2.57. The zero-order valence-corrected chi connectivity index (χ0v) is 16.5. The predicted molar refractivity (Wildman–Crippen MR) is 102 cm³/mol. The van der Waals surface area contributed by atoms with Crippen LogP contribution in [0.1, 0.15) is 33.3 Å². The molecule has 0 aromatic heterocycles. The van der Waals surface area contributed by atoms with E-state index >= 15 is 0 Å². The van der Waals surface area contributed by atoms with Gasteiger partial charge in [-0.05, 0) is 26.3 Å². The third-order valence-electron chi connectivity index (χ3n) is 4.31. The topological polar surface area (TPSA) is 79.0 Å². The first-order chi connectivity index (χ1) is 12.7. The van der Waals surface area contributed by atoms with Crippen LogP contribution in [0.2, 0.25) is 0 Å². The number of carbonyl (C=O) groups excluding carboxylic acids is 3. The van der Waals surface area contributed by atoms with Crippen molar-refractivity contribution in [2.75, 3.05) is 26.2 Å². The molecular weight excluding hydrogens is 346 g/mol. The smallest absolute Gasteiger partial charge is 0.408 e. The van der Waals surface area contributed by atoms with Crippen molar-refractivity contribution in [2.45, 2.75) is 45.8 Å². The molecule has 1 atom stereocenters. The van der Waals surface area contributed by atoms with Gasteiger partial charge in [0.2, 0.25) is 11.8 Å². The first-order valence-corrected chi connectivity index (χ1v) is 9.23. The van der Waals surface area contributed by atoms with Crippen molar-refractivity contribution in [2.24, 2.45) is 0 Å². The zero-order chi connectivity index (χ0) is 20.0. The monoisotopic (exact) mass is 375 g/mol. The standard InChI is InChI=1S/C20H29N3O4/c1-15(24)22-10-12-23(13-11-22)18(25)17(14-16-8-6-5-7-9-16)21-19(26)27-20(2,3)4/h5-9,17H,10-14H2,1-4H3,(H,21,26)/t17-/m1/s1. The average Bonchev–Trinajstić information content (AvgIpc) is 2.60. The predicted octanol–water partition coefficient (Wildman–Crippen LogP) is 1.81. The minimum absolute atomic E-state index is 0.00909. The number of benzene rings is 1. The average molecular weight is 375 g/mol. The third-order valence-corrected chi connectivity index (χ3v) is 4.31. The first kappa shape index (κ1) is 20.7. The van der Waals surface area contributed by atoms with Crippen molar-refractivity contribution >= 4 is 17.9 Å². The number of ether oxygens (including phenoxy) is 1. The molecule has 148 valence electrons. The minimum Gasteiger partial charge on any atom is -0.444 e. The fourth-order valence-electron chi connectivity index (χ4n) is 2.96. The Labute approximate surface area is 160 Å². The summed E-state index contributed by atoms with van der Waals surface area (Å²) in [6.07, 6.45) is -0.231. The maximum Gasteiger partial charge on any atom is 0.408 e. The molecule has 1 aliphatic heterocycles. The van der Waals surface area contributed by atoms with E-state index in [-0.39, 0.29) is 11.8 Å². The summed E-state index contributed by atoms with van der Waals surface area (Å²) in [7, 11) is 0. The van der Waals surface area contributed by atoms with E-state index in [4.69, 9.17) is 4.74 Å². The number of carbonyl (C=O) groups is 3. The van der Waals surface area contributed by atoms with E-state index in [0.29, 0.717) is 32.6 Å². The number of nitrogens with zero attached hydrogens (tertiary/aromatic N) is 2. The van der Waals surface area contributed by atoms with E-state index in [1.165, 1.54) is 6.92 Å². The lowest BCUT2D eigenvalue weighted by Crippen LogP contribution is -2.56. The molecular formula is C20H29N3O4. The number of alkyl carbamates (subject to hydrolysis) is 1. The summed E-state index contributed by atoms with van der Waals surface area (Å²) in [5, 5.41) is 2.72. The van der Waals surface area contributed by atoms with Gasteiger partial charge in [0.1, 0.15) is 11.6 Å². The van der Waals surface area contributed by atoms with Gasteiger partial charge in [-0.25, -0.2) is 4.79 Å². The van der Waals surface area contributed by atoms with Gasteiger partial charge in [0.25, 0.3) is 0 Å². The summed E-state index contributed by atoms with van der Waals surface area (Å²) < 4.78 is 5.32. The molecule has 7 nitrogen and oxygen atoms in total. The second-order valence-corrected chi connectivity index (χ2v) is 7.72. The molecule has 1 heterocycles. The molecule has 1 aromatic rings. The summed E-state index contributed by atoms with van der Waals surface area (Å²) in [6.45, 7) is 8.79. The van der Waals surface area contributed by atoms with Crippen molar-refractivity contribution in [1.29, 1.82) is 0 Å². The van der Waals surface area contributed by atoms with E-state index in [2.05, 4.69) is 5.32 Å². The molecule has 2 rings (SSSR count). The lowest BCUT2D eigenvalue weighted by molar-refractivity contribution is -0.139. The van der Waals surface area contributed by atoms with Crippen LogP contribution in [-0.4, -0.2) is 65.5 Å². The molecule has 0 unspecified atom stereocenters. The van der Waals surface area contributed by atoms with Gasteiger partial charge in [0, 0.05) is 39.5 Å². The quantitative estimate of drug-likeness (QED) is 0.871. The van der Waals surface area contributed by atoms with Crippen LogP contribution >= 0.6 is 0 Å². The first-order valence-electron chi connectivity index (χ1n) is 9.23. The molecule has 0 saturated carbocycles. The van der Waals surface area contributed by atoms with Crippen molar-refractivity contribution in [1.82, 2.24) is 15.1 Å². The number of amides is 3. The summed E-state index contributed by atoms with van der Waals surface area (Å²) in [6, 6.07) is 8.83. The molecule has 1 aromatic carbocycles. The van der Waals surface area contributed by atoms with Gasteiger partial charge < -0.3 is 19.9 Å². The van der Waals surface area contributed by atoms with E-state index in [9.17, 15) is 14.4 Å². The highest BCUT2D eigenvalue weighted by Gasteiger charge is 2.30. The fraction of sp³-hybridized carbons (Fsp3) is 0.550. The number of piperazine rings is 1. The molecule has 27 heavy (non-hydrogen) atoms. The Morgan fingerprint density at radius 2 is 1.59 bits per heavy atom. The van der Waals surface area contributed by atoms with Crippen LogP contribution in [0.25, 0.3) is 0 Å². The van der Waals surface area contributed by atoms with Gasteiger partial charge in [-0.3, -0.25) is 9.59 Å². The van der Waals surface area contributed by atoms with Gasteiger partial charge in [0.15, 0.2) is 0 Å². The van der Waals surface area contributed by atoms with E-state index in [0.717, 1.165) is 5.56 Å². The van der Waals surface area contributed by atoms with Gasteiger partial charge in [-0.1, -0.05) is 30.3 Å². The SMILES string of the molecule is CC(=O)N1CCN(C(=O)[C@@H](Cc2ccccc2)NC(=O)OC(C)(C)C)CC1. The van der Waals surface area contributed by atoms with Crippen LogP contribution < -0.4 is 5.32 Å². The van der Waals surface area contributed by atoms with Crippen molar-refractivity contribution in [3.63, 3.8) is 0 Å². The van der Waals surface area contributed by atoms with Crippen LogP contribution in [0.5, 0.6) is 0 Å². The Morgan fingerprint density at radius 1 is 1.04 bits per heavy atom. The van der Waals surface area contributed by atoms with E-state index in [1.807, 2.05) is 30.3 Å². The molecule has 1 saturated heterocycles. The number of nitrogens with one attached hydrogen (secondary N) is 1. The lowest BCUT2D eigenvalue weighted by atomic mass is 10.0. The minimum atomic E-state index is -0.717. The van der Waals surface area contributed by atoms with Crippen molar-refractivity contribution < 1.29 is 19.1 Å². The van der Waals surface area contributed by atoms with Crippen molar-refractivity contribution in [3.8, 4) is 0 Å². The van der Waals surface area contributed by atoms with Crippen molar-refractivity contribution in [3.05, 3.63) is 35.9 Å². The molecule has 0 radical (unpaired) electrons. The highest BCUT2D eigenvalue weighted by molar-refractivity contribution is 5.86. The maximum atomic E-state index is 13.0. The molecule has 7 heteroatoms. The molecule has 1 fully saturated rings. The molecule has 3 amide bonds. The van der Waals surface area contributed by atoms with Crippen LogP contribution in [-0.2, 0) is 20.7 Å². The molecule has 0 aliphatic carbocycles. The zero-order valence-electron chi connectivity index (χ0n) is 16.5. The number of hydrogen-bond acceptors (Lipinski definition) is 4. The maximum absolute atomic E-state index is 13.0. The summed E-state index contributed by atoms with van der Waals surface area (Å²) >= 11 is 0. The van der Waals surface area contributed by atoms with Crippen LogP contribution in [0.4, 0.5) is 4.79 Å². The van der Waals surface area contributed by atoms with Gasteiger partial charge in [-0.2, -0.15) is 0 Å². The second-order valence-electron chi connectivity index (χ2n) is 7.72. The molecule has 0 bridgehead atoms. The number of hydrogen-bond donors (Lipinski definition) is 1. The van der Waals surface area contributed by atoms with Gasteiger partial charge in [0.05, 0.1) is 0 Å². The van der Waals surface area contributed by atoms with Crippen LogP contribution in [0, 0.1) is 0 Å². The van der Waals surface area contributed by atoms with Gasteiger partial charge >= 0.3 is 6.09 Å². The molecule has 0 spiro atoms. The lowest BCUT2D eigenvalue weighted by Gasteiger charge is -2.36. The Morgan fingerprint density at radius 3 is 2.11 bits per heavy atom. The largest absolute Gasteiger partial charge is 0.444 e. The second kappa shape index (κ2) is 8.88. The number of rotatable bonds is 4. The molecule has 1 N–H and O–H groups in total. The van der Waals surface area contributed by atoms with E-state index in [1.54, 1.807) is 30.6 Å². The fourth-order valence-corrected chi connectivity index (χ4v) is 2.96. The van der Waals surface area contributed by atoms with Crippen LogP contribution in [0.3, 0.4) is 0 Å². The highest BCUT2D eigenvalue weighted by atomic mass is 16.6. The normalized spacial score (nSPS) is 15.9. The van der Waals surface area contributed by atoms with Gasteiger partial charge in [-0.15, -0.1) is 0 Å². The summed E-state index contributed by atoms with van der Waals surface area (Å²) in [4.78, 5) is 40.2.